The lowest BCUT2D eigenvalue weighted by molar-refractivity contribution is 0.281. The van der Waals surface area contributed by atoms with Crippen molar-refractivity contribution in [3.05, 3.63) is 0 Å². The van der Waals surface area contributed by atoms with Crippen LogP contribution in [-0.2, 0) is 0 Å². The lowest BCUT2D eigenvalue weighted by atomic mass is 9.84. The van der Waals surface area contributed by atoms with Crippen LogP contribution in [0.4, 0.5) is 0 Å². The highest BCUT2D eigenvalue weighted by molar-refractivity contribution is 4.90. The highest BCUT2D eigenvalue weighted by Gasteiger charge is 2.40. The average Bonchev–Trinajstić information content (AvgIpc) is 3.01. The Bertz CT molecular complexity index is 282. The fraction of sp³-hybridized carbons (Fsp3) is 1.00. The molecule has 2 aliphatic carbocycles. The number of rotatable bonds is 7. The Morgan fingerprint density at radius 3 is 1.81 bits per heavy atom. The molecule has 0 N–H and O–H groups in total. The molecular formula is C21H40. The van der Waals surface area contributed by atoms with Crippen LogP contribution in [0.3, 0.4) is 0 Å². The molecule has 6 unspecified atom stereocenters. The zero-order valence-electron chi connectivity index (χ0n) is 15.4. The van der Waals surface area contributed by atoms with Crippen molar-refractivity contribution < 1.29 is 0 Å². The molecular weight excluding hydrogens is 252 g/mol. The summed E-state index contributed by atoms with van der Waals surface area (Å²) >= 11 is 0. The molecule has 0 heteroatoms. The maximum Gasteiger partial charge on any atom is -0.0380 e. The summed E-state index contributed by atoms with van der Waals surface area (Å²) < 4.78 is 0. The topological polar surface area (TPSA) is 0 Å². The number of unbranched alkanes of at least 4 members (excludes halogenated alkanes) is 1. The fourth-order valence-electron chi connectivity index (χ4n) is 5.79. The van der Waals surface area contributed by atoms with Crippen LogP contribution in [0.25, 0.3) is 0 Å². The maximum atomic E-state index is 2.56. The monoisotopic (exact) mass is 292 g/mol. The molecule has 2 aliphatic rings. The molecule has 0 aromatic carbocycles. The van der Waals surface area contributed by atoms with Crippen molar-refractivity contribution >= 4 is 0 Å². The van der Waals surface area contributed by atoms with E-state index in [0.717, 1.165) is 41.4 Å². The zero-order valence-corrected chi connectivity index (χ0v) is 15.4. The van der Waals surface area contributed by atoms with Gasteiger partial charge in [-0.1, -0.05) is 66.7 Å². The number of hydrogen-bond acceptors (Lipinski definition) is 0. The highest BCUT2D eigenvalue weighted by atomic mass is 14.5. The van der Waals surface area contributed by atoms with Gasteiger partial charge in [-0.15, -0.1) is 0 Å². The van der Waals surface area contributed by atoms with E-state index in [2.05, 4.69) is 34.6 Å². The van der Waals surface area contributed by atoms with Gasteiger partial charge in [-0.2, -0.15) is 0 Å². The molecule has 124 valence electrons. The van der Waals surface area contributed by atoms with Crippen LogP contribution in [0.2, 0.25) is 0 Å². The van der Waals surface area contributed by atoms with Crippen molar-refractivity contribution in [2.75, 3.05) is 0 Å². The van der Waals surface area contributed by atoms with Gasteiger partial charge < -0.3 is 0 Å². The van der Waals surface area contributed by atoms with Gasteiger partial charge in [0.05, 0.1) is 0 Å². The summed E-state index contributed by atoms with van der Waals surface area (Å²) in [7, 11) is 0. The van der Waals surface area contributed by atoms with E-state index in [1.54, 1.807) is 25.7 Å². The van der Waals surface area contributed by atoms with E-state index in [1.165, 1.54) is 32.1 Å². The molecule has 0 heterocycles. The Kier molecular flexibility index (Phi) is 6.63. The second kappa shape index (κ2) is 8.02. The van der Waals surface area contributed by atoms with Gasteiger partial charge in [0.1, 0.15) is 0 Å². The van der Waals surface area contributed by atoms with Crippen molar-refractivity contribution in [3.63, 3.8) is 0 Å². The van der Waals surface area contributed by atoms with Gasteiger partial charge in [-0.05, 0) is 67.1 Å². The van der Waals surface area contributed by atoms with Gasteiger partial charge in [-0.3, -0.25) is 0 Å². The first-order valence-corrected chi connectivity index (χ1v) is 10.1. The molecule has 0 amide bonds. The summed E-state index contributed by atoms with van der Waals surface area (Å²) in [4.78, 5) is 0. The van der Waals surface area contributed by atoms with Crippen LogP contribution in [0, 0.1) is 41.4 Å². The second-order valence-corrected chi connectivity index (χ2v) is 8.53. The SMILES string of the molecule is CCCCC1CC(CC2CC(CC)C(CC)C2)C(C)C1C. The van der Waals surface area contributed by atoms with E-state index in [9.17, 15) is 0 Å². The summed E-state index contributed by atoms with van der Waals surface area (Å²) in [6.07, 6.45) is 13.4. The van der Waals surface area contributed by atoms with Gasteiger partial charge >= 0.3 is 0 Å². The lowest BCUT2D eigenvalue weighted by Crippen LogP contribution is -2.13. The van der Waals surface area contributed by atoms with Gasteiger partial charge in [0, 0.05) is 0 Å². The molecule has 0 aliphatic heterocycles. The van der Waals surface area contributed by atoms with Gasteiger partial charge in [0.2, 0.25) is 0 Å². The minimum Gasteiger partial charge on any atom is -0.0654 e. The highest BCUT2D eigenvalue weighted by Crippen LogP contribution is 2.50. The van der Waals surface area contributed by atoms with E-state index in [4.69, 9.17) is 0 Å². The first-order chi connectivity index (χ1) is 10.1. The van der Waals surface area contributed by atoms with Crippen molar-refractivity contribution in [1.82, 2.24) is 0 Å². The molecule has 0 saturated heterocycles. The van der Waals surface area contributed by atoms with Crippen LogP contribution in [0.1, 0.15) is 92.4 Å². The Morgan fingerprint density at radius 2 is 1.29 bits per heavy atom. The quantitative estimate of drug-likeness (QED) is 0.477. The molecule has 2 rings (SSSR count). The van der Waals surface area contributed by atoms with Crippen molar-refractivity contribution in [2.45, 2.75) is 92.4 Å². The zero-order chi connectivity index (χ0) is 15.4. The summed E-state index contributed by atoms with van der Waals surface area (Å²) in [5.74, 6) is 7.19. The molecule has 2 fully saturated rings. The first kappa shape index (κ1) is 17.4. The molecule has 6 atom stereocenters. The molecule has 0 nitrogen and oxygen atoms in total. The van der Waals surface area contributed by atoms with E-state index in [1.807, 2.05) is 0 Å². The fourth-order valence-corrected chi connectivity index (χ4v) is 5.79. The summed E-state index contributed by atoms with van der Waals surface area (Å²) in [6, 6.07) is 0. The van der Waals surface area contributed by atoms with Crippen molar-refractivity contribution in [1.29, 1.82) is 0 Å². The standard InChI is InChI=1S/C21H40/c1-6-9-10-20-14-21(16(5)15(20)4)13-17-11-18(7-2)19(8-3)12-17/h15-21H,6-14H2,1-5H3. The Balaban J connectivity index is 1.86. The Morgan fingerprint density at radius 1 is 0.714 bits per heavy atom. The average molecular weight is 293 g/mol. The molecule has 2 saturated carbocycles. The Labute approximate surface area is 134 Å². The summed E-state index contributed by atoms with van der Waals surface area (Å²) in [6.45, 7) is 12.3. The molecule has 0 aromatic heterocycles. The largest absolute Gasteiger partial charge is 0.0654 e. The first-order valence-electron chi connectivity index (χ1n) is 10.1. The van der Waals surface area contributed by atoms with Crippen LogP contribution in [0.15, 0.2) is 0 Å². The van der Waals surface area contributed by atoms with E-state index in [0.29, 0.717) is 0 Å². The molecule has 0 spiro atoms. The maximum absolute atomic E-state index is 2.56. The number of hydrogen-bond donors (Lipinski definition) is 0. The van der Waals surface area contributed by atoms with Gasteiger partial charge in [0.25, 0.3) is 0 Å². The smallest absolute Gasteiger partial charge is 0.0380 e. The third-order valence-electron chi connectivity index (χ3n) is 7.47. The minimum absolute atomic E-state index is 0.979. The van der Waals surface area contributed by atoms with Crippen molar-refractivity contribution in [2.24, 2.45) is 41.4 Å². The third-order valence-corrected chi connectivity index (χ3v) is 7.47. The van der Waals surface area contributed by atoms with E-state index in [-0.39, 0.29) is 0 Å². The van der Waals surface area contributed by atoms with E-state index >= 15 is 0 Å². The van der Waals surface area contributed by atoms with Crippen LogP contribution >= 0.6 is 0 Å². The Hall–Kier alpha value is 0. The molecule has 0 aromatic rings. The predicted molar refractivity (Wildman–Crippen MR) is 94.4 cm³/mol. The lowest BCUT2D eigenvalue weighted by Gasteiger charge is -2.22. The van der Waals surface area contributed by atoms with Gasteiger partial charge in [-0.25, -0.2) is 0 Å². The van der Waals surface area contributed by atoms with E-state index < -0.39 is 0 Å². The third kappa shape index (κ3) is 4.05. The normalized spacial score (nSPS) is 43.6. The van der Waals surface area contributed by atoms with Crippen molar-refractivity contribution in [3.8, 4) is 0 Å². The summed E-state index contributed by atoms with van der Waals surface area (Å²) in [5, 5.41) is 0. The van der Waals surface area contributed by atoms with Crippen LogP contribution in [0.5, 0.6) is 0 Å². The predicted octanol–water partition coefficient (Wildman–Crippen LogP) is 6.94. The summed E-state index contributed by atoms with van der Waals surface area (Å²) in [5.41, 5.74) is 0. The molecule has 21 heavy (non-hydrogen) atoms. The molecule has 0 radical (unpaired) electrons. The van der Waals surface area contributed by atoms with Crippen LogP contribution in [-0.4, -0.2) is 0 Å². The minimum atomic E-state index is 0.979. The van der Waals surface area contributed by atoms with Gasteiger partial charge in [0.15, 0.2) is 0 Å². The van der Waals surface area contributed by atoms with Crippen LogP contribution < -0.4 is 0 Å². The molecule has 0 bridgehead atoms. The second-order valence-electron chi connectivity index (χ2n) is 8.53.